The van der Waals surface area contributed by atoms with Crippen LogP contribution in [0.1, 0.15) is 5.56 Å². The van der Waals surface area contributed by atoms with Crippen molar-refractivity contribution in [2.75, 3.05) is 20.3 Å². The number of ether oxygens (including phenoxy) is 1. The van der Waals surface area contributed by atoms with Gasteiger partial charge in [0.15, 0.2) is 5.75 Å². The Labute approximate surface area is 160 Å². The zero-order valence-electron chi connectivity index (χ0n) is 15.5. The molecule has 0 fully saturated rings. The molecular formula is C18H22N4O6. The summed E-state index contributed by atoms with van der Waals surface area (Å²) in [7, 11) is 2.98. The van der Waals surface area contributed by atoms with Crippen molar-refractivity contribution >= 4 is 12.0 Å². The predicted octanol–water partition coefficient (Wildman–Crippen LogP) is -0.257. The average Bonchev–Trinajstić information content (AvgIpc) is 2.68. The van der Waals surface area contributed by atoms with Gasteiger partial charge in [0.1, 0.15) is 6.04 Å². The number of rotatable bonds is 8. The molecule has 1 heterocycles. The Balaban J connectivity index is 2.20. The lowest BCUT2D eigenvalue weighted by Crippen LogP contribution is -2.47. The number of aryl methyl sites for hydroxylation is 1. The summed E-state index contributed by atoms with van der Waals surface area (Å²) in [6.07, 6.45) is 1.49. The van der Waals surface area contributed by atoms with Gasteiger partial charge in [0.25, 0.3) is 5.56 Å². The van der Waals surface area contributed by atoms with Crippen molar-refractivity contribution in [3.05, 3.63) is 46.4 Å². The number of aliphatic carboxylic acids is 1. The largest absolute Gasteiger partial charge is 0.494 e. The number of carboxylic acid groups (broad SMARTS) is 1. The maximum absolute atomic E-state index is 12.4. The van der Waals surface area contributed by atoms with Crippen molar-refractivity contribution in [1.29, 1.82) is 0 Å². The summed E-state index contributed by atoms with van der Waals surface area (Å²) in [4.78, 5) is 35.4. The van der Waals surface area contributed by atoms with Crippen LogP contribution in [0.5, 0.6) is 5.75 Å². The molecule has 0 aliphatic carbocycles. The molecule has 1 aromatic heterocycles. The lowest BCUT2D eigenvalue weighted by molar-refractivity contribution is -0.139. The Morgan fingerprint density at radius 3 is 2.54 bits per heavy atom. The summed E-state index contributed by atoms with van der Waals surface area (Å²) in [6.45, 7) is -0.222. The number of carboxylic acids is 1. The van der Waals surface area contributed by atoms with Gasteiger partial charge in [-0.25, -0.2) is 14.3 Å². The Kier molecular flexibility index (Phi) is 7.10. The van der Waals surface area contributed by atoms with Crippen molar-refractivity contribution in [3.8, 4) is 16.9 Å². The van der Waals surface area contributed by atoms with E-state index in [0.29, 0.717) is 22.4 Å². The smallest absolute Gasteiger partial charge is 0.326 e. The van der Waals surface area contributed by atoms with E-state index in [0.717, 1.165) is 0 Å². The summed E-state index contributed by atoms with van der Waals surface area (Å²) in [5.74, 6) is -0.852. The number of methoxy groups -OCH3 is 1. The predicted molar refractivity (Wildman–Crippen MR) is 100 cm³/mol. The Morgan fingerprint density at radius 1 is 1.29 bits per heavy atom. The molecule has 28 heavy (non-hydrogen) atoms. The van der Waals surface area contributed by atoms with Crippen LogP contribution < -0.4 is 20.9 Å². The van der Waals surface area contributed by atoms with Gasteiger partial charge in [0.05, 0.1) is 25.5 Å². The number of hydrogen-bond acceptors (Lipinski definition) is 6. The van der Waals surface area contributed by atoms with E-state index in [2.05, 4.69) is 15.7 Å². The number of amides is 2. The maximum Gasteiger partial charge on any atom is 0.326 e. The van der Waals surface area contributed by atoms with E-state index in [9.17, 15) is 19.5 Å². The Hall–Kier alpha value is -3.40. The highest BCUT2D eigenvalue weighted by molar-refractivity contribution is 5.82. The summed E-state index contributed by atoms with van der Waals surface area (Å²) >= 11 is 0. The average molecular weight is 390 g/mol. The van der Waals surface area contributed by atoms with Gasteiger partial charge >= 0.3 is 12.0 Å². The Bertz CT molecular complexity index is 894. The number of benzene rings is 1. The fourth-order valence-corrected chi connectivity index (χ4v) is 2.57. The fourth-order valence-electron chi connectivity index (χ4n) is 2.57. The van der Waals surface area contributed by atoms with E-state index < -0.39 is 18.0 Å². The second kappa shape index (κ2) is 9.51. The molecular weight excluding hydrogens is 368 g/mol. The van der Waals surface area contributed by atoms with Crippen molar-refractivity contribution in [2.45, 2.75) is 12.5 Å². The SMILES string of the molecule is COc1cnn(C)c(=O)c1-c1ccc(C[C@H](NC(=O)NCCO)C(=O)O)cc1. The quantitative estimate of drug-likeness (QED) is 0.486. The molecule has 150 valence electrons. The lowest BCUT2D eigenvalue weighted by Gasteiger charge is -2.15. The number of hydrogen-bond donors (Lipinski definition) is 4. The first-order valence-corrected chi connectivity index (χ1v) is 8.45. The van der Waals surface area contributed by atoms with Crippen molar-refractivity contribution in [2.24, 2.45) is 7.05 Å². The number of nitrogens with one attached hydrogen (secondary N) is 2. The molecule has 1 atom stereocenters. The van der Waals surface area contributed by atoms with Crippen molar-refractivity contribution < 1.29 is 24.5 Å². The fraction of sp³-hybridized carbons (Fsp3) is 0.333. The monoisotopic (exact) mass is 390 g/mol. The van der Waals surface area contributed by atoms with Crippen molar-refractivity contribution in [1.82, 2.24) is 20.4 Å². The first-order chi connectivity index (χ1) is 13.4. The molecule has 10 nitrogen and oxygen atoms in total. The third-order valence-corrected chi connectivity index (χ3v) is 4.01. The molecule has 0 unspecified atom stereocenters. The van der Waals surface area contributed by atoms with Crippen LogP contribution >= 0.6 is 0 Å². The third kappa shape index (κ3) is 5.07. The zero-order valence-corrected chi connectivity index (χ0v) is 15.5. The van der Waals surface area contributed by atoms with E-state index in [1.54, 1.807) is 24.3 Å². The number of urea groups is 1. The molecule has 4 N–H and O–H groups in total. The summed E-state index contributed by atoms with van der Waals surface area (Å²) in [5, 5.41) is 26.6. The topological polar surface area (TPSA) is 143 Å². The molecule has 0 aliphatic rings. The minimum Gasteiger partial charge on any atom is -0.494 e. The van der Waals surface area contributed by atoms with E-state index in [-0.39, 0.29) is 25.1 Å². The molecule has 0 saturated carbocycles. The number of aliphatic hydroxyl groups is 1. The standard InChI is InChI=1S/C18H22N4O6/c1-22-16(24)15(14(28-2)10-20-22)12-5-3-11(4-6-12)9-13(17(25)26)21-18(27)19-7-8-23/h3-6,10,13,23H,7-9H2,1-2H3,(H,25,26)(H2,19,21,27)/t13-/m0/s1. The van der Waals surface area contributed by atoms with E-state index in [4.69, 9.17) is 9.84 Å². The van der Waals surface area contributed by atoms with Crippen LogP contribution in [0.3, 0.4) is 0 Å². The minimum atomic E-state index is -1.19. The van der Waals surface area contributed by atoms with E-state index >= 15 is 0 Å². The van der Waals surface area contributed by atoms with Crippen LogP contribution in [-0.4, -0.2) is 58.3 Å². The van der Waals surface area contributed by atoms with E-state index in [1.807, 2.05) is 0 Å². The second-order valence-corrected chi connectivity index (χ2v) is 5.93. The van der Waals surface area contributed by atoms with Gasteiger partial charge in [0.2, 0.25) is 0 Å². The third-order valence-electron chi connectivity index (χ3n) is 4.01. The lowest BCUT2D eigenvalue weighted by atomic mass is 10.0. The number of aromatic nitrogens is 2. The number of nitrogens with zero attached hydrogens (tertiary/aromatic N) is 2. The second-order valence-electron chi connectivity index (χ2n) is 5.93. The summed E-state index contributed by atoms with van der Waals surface area (Å²) in [6, 6.07) is 4.89. The molecule has 2 amide bonds. The molecule has 10 heteroatoms. The van der Waals surface area contributed by atoms with Crippen LogP contribution in [0, 0.1) is 0 Å². The first kappa shape index (κ1) is 20.9. The van der Waals surface area contributed by atoms with Gasteiger partial charge in [-0.15, -0.1) is 0 Å². The van der Waals surface area contributed by atoms with Gasteiger partial charge in [-0.3, -0.25) is 4.79 Å². The molecule has 2 rings (SSSR count). The van der Waals surface area contributed by atoms with Gasteiger partial charge in [-0.05, 0) is 11.1 Å². The molecule has 0 aliphatic heterocycles. The maximum atomic E-state index is 12.4. The summed E-state index contributed by atoms with van der Waals surface area (Å²) in [5.41, 5.74) is 1.29. The molecule has 0 radical (unpaired) electrons. The molecule has 2 aromatic rings. The molecule has 0 bridgehead atoms. The van der Waals surface area contributed by atoms with E-state index in [1.165, 1.54) is 25.0 Å². The van der Waals surface area contributed by atoms with Gasteiger partial charge in [-0.1, -0.05) is 24.3 Å². The minimum absolute atomic E-state index is 0.0234. The van der Waals surface area contributed by atoms with Crippen LogP contribution in [0.4, 0.5) is 4.79 Å². The number of carbonyl (C=O) groups excluding carboxylic acids is 1. The first-order valence-electron chi connectivity index (χ1n) is 8.45. The van der Waals surface area contributed by atoms with Gasteiger partial charge in [-0.2, -0.15) is 5.10 Å². The molecule has 0 saturated heterocycles. The number of carbonyl (C=O) groups is 2. The zero-order chi connectivity index (χ0) is 20.7. The summed E-state index contributed by atoms with van der Waals surface area (Å²) < 4.78 is 6.41. The Morgan fingerprint density at radius 2 is 1.96 bits per heavy atom. The molecule has 1 aromatic carbocycles. The normalized spacial score (nSPS) is 11.5. The highest BCUT2D eigenvalue weighted by Gasteiger charge is 2.20. The van der Waals surface area contributed by atoms with Gasteiger partial charge in [0, 0.05) is 20.0 Å². The van der Waals surface area contributed by atoms with Crippen LogP contribution in [0.2, 0.25) is 0 Å². The molecule has 0 spiro atoms. The number of aliphatic hydroxyl groups excluding tert-OH is 1. The highest BCUT2D eigenvalue weighted by atomic mass is 16.5. The van der Waals surface area contributed by atoms with Gasteiger partial charge < -0.3 is 25.6 Å². The van der Waals surface area contributed by atoms with Crippen LogP contribution in [0.15, 0.2) is 35.3 Å². The van der Waals surface area contributed by atoms with Crippen LogP contribution in [0.25, 0.3) is 11.1 Å². The van der Waals surface area contributed by atoms with Crippen LogP contribution in [-0.2, 0) is 18.3 Å². The van der Waals surface area contributed by atoms with Crippen molar-refractivity contribution in [3.63, 3.8) is 0 Å². The highest BCUT2D eigenvalue weighted by Crippen LogP contribution is 2.25.